The molecule has 0 radical (unpaired) electrons. The number of aromatic nitrogens is 2. The van der Waals surface area contributed by atoms with Gasteiger partial charge in [0.25, 0.3) is 5.91 Å². The van der Waals surface area contributed by atoms with E-state index in [1.807, 2.05) is 38.1 Å². The Kier molecular flexibility index (Phi) is 7.24. The summed E-state index contributed by atoms with van der Waals surface area (Å²) in [7, 11) is 3.25. The first-order valence-electron chi connectivity index (χ1n) is 9.65. The monoisotopic (exact) mass is 426 g/mol. The van der Waals surface area contributed by atoms with E-state index in [2.05, 4.69) is 20.0 Å². The summed E-state index contributed by atoms with van der Waals surface area (Å²) in [6.07, 6.45) is 0.653. The van der Waals surface area contributed by atoms with E-state index in [-0.39, 0.29) is 18.0 Å². The summed E-state index contributed by atoms with van der Waals surface area (Å²) in [6.45, 7) is 3.96. The summed E-state index contributed by atoms with van der Waals surface area (Å²) >= 11 is 1.32. The molecule has 0 spiro atoms. The van der Waals surface area contributed by atoms with Gasteiger partial charge in [-0.3, -0.25) is 4.79 Å². The molecule has 3 aromatic rings. The highest BCUT2D eigenvalue weighted by atomic mass is 32.1. The smallest absolute Gasteiger partial charge is 0.251 e. The SMILES string of the molecule is COc1ccc(Cc2nsc(NC(C)C(C)NC(=O)c3ccc(OC)cc3)n2)cc1. The van der Waals surface area contributed by atoms with Gasteiger partial charge < -0.3 is 20.1 Å². The third-order valence-electron chi connectivity index (χ3n) is 4.80. The minimum Gasteiger partial charge on any atom is -0.497 e. The topological polar surface area (TPSA) is 85.4 Å². The fourth-order valence-corrected chi connectivity index (χ4v) is 3.47. The van der Waals surface area contributed by atoms with Crippen molar-refractivity contribution in [3.63, 3.8) is 0 Å². The number of nitrogens with zero attached hydrogens (tertiary/aromatic N) is 2. The summed E-state index contributed by atoms with van der Waals surface area (Å²) in [5.41, 5.74) is 1.71. The molecule has 158 valence electrons. The van der Waals surface area contributed by atoms with E-state index in [0.717, 1.165) is 28.0 Å². The fourth-order valence-electron chi connectivity index (χ4n) is 2.79. The van der Waals surface area contributed by atoms with Crippen LogP contribution in [0.2, 0.25) is 0 Å². The number of benzene rings is 2. The third kappa shape index (κ3) is 5.70. The van der Waals surface area contributed by atoms with Gasteiger partial charge in [-0.2, -0.15) is 4.37 Å². The standard InChI is InChI=1S/C22H26N4O3S/c1-14(23-21(27)17-7-11-19(29-4)12-8-17)15(2)24-22-25-20(26-30-22)13-16-5-9-18(28-3)10-6-16/h5-12,14-15H,13H2,1-4H3,(H,23,27)(H,24,25,26). The van der Waals surface area contributed by atoms with Crippen LogP contribution in [0.5, 0.6) is 11.5 Å². The van der Waals surface area contributed by atoms with Gasteiger partial charge in [0.05, 0.1) is 14.2 Å². The second-order valence-corrected chi connectivity index (χ2v) is 7.72. The van der Waals surface area contributed by atoms with Crippen molar-refractivity contribution in [1.29, 1.82) is 0 Å². The molecule has 0 aliphatic rings. The van der Waals surface area contributed by atoms with Gasteiger partial charge in [-0.1, -0.05) is 12.1 Å². The first-order chi connectivity index (χ1) is 14.5. The first kappa shape index (κ1) is 21.6. The lowest BCUT2D eigenvalue weighted by Gasteiger charge is -2.22. The second-order valence-electron chi connectivity index (χ2n) is 6.96. The number of hydrogen-bond acceptors (Lipinski definition) is 7. The zero-order chi connectivity index (χ0) is 21.5. The maximum Gasteiger partial charge on any atom is 0.251 e. The van der Waals surface area contributed by atoms with Gasteiger partial charge in [0.2, 0.25) is 5.13 Å². The summed E-state index contributed by atoms with van der Waals surface area (Å²) in [4.78, 5) is 17.0. The van der Waals surface area contributed by atoms with Gasteiger partial charge in [0.15, 0.2) is 0 Å². The van der Waals surface area contributed by atoms with E-state index in [4.69, 9.17) is 9.47 Å². The lowest BCUT2D eigenvalue weighted by molar-refractivity contribution is 0.0937. The number of amides is 1. The molecule has 0 fully saturated rings. The number of carbonyl (C=O) groups excluding carboxylic acids is 1. The van der Waals surface area contributed by atoms with Crippen molar-refractivity contribution in [1.82, 2.24) is 14.7 Å². The molecule has 2 N–H and O–H groups in total. The Morgan fingerprint density at radius 3 is 2.17 bits per heavy atom. The molecular weight excluding hydrogens is 400 g/mol. The molecule has 2 aromatic carbocycles. The minimum absolute atomic E-state index is 0.0195. The van der Waals surface area contributed by atoms with Gasteiger partial charge in [0, 0.05) is 35.6 Å². The van der Waals surface area contributed by atoms with Crippen molar-refractivity contribution < 1.29 is 14.3 Å². The van der Waals surface area contributed by atoms with Crippen LogP contribution < -0.4 is 20.1 Å². The van der Waals surface area contributed by atoms with Crippen LogP contribution >= 0.6 is 11.5 Å². The van der Waals surface area contributed by atoms with Crippen molar-refractivity contribution >= 4 is 22.6 Å². The molecule has 7 nitrogen and oxygen atoms in total. The summed E-state index contributed by atoms with van der Waals surface area (Å²) < 4.78 is 14.7. The molecule has 0 aliphatic carbocycles. The van der Waals surface area contributed by atoms with Crippen molar-refractivity contribution in [3.8, 4) is 11.5 Å². The first-order valence-corrected chi connectivity index (χ1v) is 10.4. The van der Waals surface area contributed by atoms with E-state index in [1.165, 1.54) is 11.5 Å². The van der Waals surface area contributed by atoms with E-state index in [0.29, 0.717) is 12.0 Å². The number of nitrogens with one attached hydrogen (secondary N) is 2. The average molecular weight is 427 g/mol. The quantitative estimate of drug-likeness (QED) is 0.542. The molecule has 0 saturated carbocycles. The van der Waals surface area contributed by atoms with Gasteiger partial charge in [-0.05, 0) is 55.8 Å². The molecule has 30 heavy (non-hydrogen) atoms. The molecule has 2 unspecified atom stereocenters. The molecular formula is C22H26N4O3S. The molecule has 8 heteroatoms. The number of anilines is 1. The molecule has 2 atom stereocenters. The second kappa shape index (κ2) is 10.1. The maximum atomic E-state index is 12.5. The number of carbonyl (C=O) groups is 1. The third-order valence-corrected chi connectivity index (χ3v) is 5.49. The summed E-state index contributed by atoms with van der Waals surface area (Å²) in [6, 6.07) is 14.8. The lowest BCUT2D eigenvalue weighted by Crippen LogP contribution is -2.43. The van der Waals surface area contributed by atoms with Crippen LogP contribution in [0.4, 0.5) is 5.13 Å². The van der Waals surface area contributed by atoms with E-state index in [9.17, 15) is 4.79 Å². The lowest BCUT2D eigenvalue weighted by atomic mass is 10.1. The number of hydrogen-bond donors (Lipinski definition) is 2. The van der Waals surface area contributed by atoms with Gasteiger partial charge in [0.1, 0.15) is 17.3 Å². The molecule has 1 heterocycles. The van der Waals surface area contributed by atoms with Crippen LogP contribution in [0.25, 0.3) is 0 Å². The molecule has 1 aromatic heterocycles. The minimum atomic E-state index is -0.128. The largest absolute Gasteiger partial charge is 0.497 e. The van der Waals surface area contributed by atoms with Crippen LogP contribution in [0.15, 0.2) is 48.5 Å². The average Bonchev–Trinajstić information content (AvgIpc) is 3.20. The molecule has 0 bridgehead atoms. The predicted molar refractivity (Wildman–Crippen MR) is 119 cm³/mol. The van der Waals surface area contributed by atoms with E-state index < -0.39 is 0 Å². The van der Waals surface area contributed by atoms with E-state index in [1.54, 1.807) is 38.5 Å². The van der Waals surface area contributed by atoms with Crippen molar-refractivity contribution in [3.05, 3.63) is 65.5 Å². The van der Waals surface area contributed by atoms with Crippen LogP contribution in [0, 0.1) is 0 Å². The summed E-state index contributed by atoms with van der Waals surface area (Å²) in [5, 5.41) is 7.08. The van der Waals surface area contributed by atoms with Crippen molar-refractivity contribution in [2.24, 2.45) is 0 Å². The van der Waals surface area contributed by atoms with Gasteiger partial charge >= 0.3 is 0 Å². The Hall–Kier alpha value is -3.13. The highest BCUT2D eigenvalue weighted by Gasteiger charge is 2.17. The number of methoxy groups -OCH3 is 2. The zero-order valence-corrected chi connectivity index (χ0v) is 18.3. The molecule has 0 aliphatic heterocycles. The predicted octanol–water partition coefficient (Wildman–Crippen LogP) is 3.77. The summed E-state index contributed by atoms with van der Waals surface area (Å²) in [5.74, 6) is 2.18. The zero-order valence-electron chi connectivity index (χ0n) is 17.5. The van der Waals surface area contributed by atoms with Crippen LogP contribution in [0.3, 0.4) is 0 Å². The Balaban J connectivity index is 1.53. The Bertz CT molecular complexity index is 957. The highest BCUT2D eigenvalue weighted by molar-refractivity contribution is 7.09. The normalized spacial score (nSPS) is 12.7. The maximum absolute atomic E-state index is 12.5. The molecule has 3 rings (SSSR count). The van der Waals surface area contributed by atoms with Crippen molar-refractivity contribution in [2.45, 2.75) is 32.4 Å². The Labute approximate surface area is 180 Å². The van der Waals surface area contributed by atoms with Crippen LogP contribution in [0.1, 0.15) is 35.6 Å². The Morgan fingerprint density at radius 2 is 1.57 bits per heavy atom. The van der Waals surface area contributed by atoms with E-state index >= 15 is 0 Å². The van der Waals surface area contributed by atoms with Crippen molar-refractivity contribution in [2.75, 3.05) is 19.5 Å². The number of ether oxygens (including phenoxy) is 2. The van der Waals surface area contributed by atoms with Gasteiger partial charge in [-0.25, -0.2) is 4.98 Å². The Morgan fingerprint density at radius 1 is 0.967 bits per heavy atom. The fraction of sp³-hybridized carbons (Fsp3) is 0.318. The van der Waals surface area contributed by atoms with Crippen LogP contribution in [-0.2, 0) is 6.42 Å². The van der Waals surface area contributed by atoms with Crippen LogP contribution in [-0.4, -0.2) is 41.6 Å². The highest BCUT2D eigenvalue weighted by Crippen LogP contribution is 2.18. The molecule has 0 saturated heterocycles. The molecule has 1 amide bonds. The number of rotatable bonds is 9. The van der Waals surface area contributed by atoms with Gasteiger partial charge in [-0.15, -0.1) is 0 Å².